The van der Waals surface area contributed by atoms with Gasteiger partial charge in [-0.25, -0.2) is 9.78 Å². The van der Waals surface area contributed by atoms with E-state index in [9.17, 15) is 9.90 Å². The Balaban J connectivity index is 2.11. The van der Waals surface area contributed by atoms with E-state index < -0.39 is 5.97 Å². The second kappa shape index (κ2) is 5.38. The lowest BCUT2D eigenvalue weighted by molar-refractivity contribution is 0.0701. The maximum atomic E-state index is 11.2. The molecule has 0 aliphatic rings. The van der Waals surface area contributed by atoms with Gasteiger partial charge in [-0.1, -0.05) is 42.5 Å². The number of rotatable bonds is 3. The first-order chi connectivity index (χ1) is 10.1. The van der Waals surface area contributed by atoms with Gasteiger partial charge >= 0.3 is 5.97 Å². The van der Waals surface area contributed by atoms with Crippen LogP contribution in [0, 0.1) is 11.6 Å². The van der Waals surface area contributed by atoms with E-state index in [0.29, 0.717) is 26.3 Å². The summed E-state index contributed by atoms with van der Waals surface area (Å²) in [6, 6.07) is 9.95. The molecule has 0 unspecified atom stereocenters. The topological polar surface area (TPSA) is 66.0 Å². The van der Waals surface area contributed by atoms with Crippen molar-refractivity contribution in [3.05, 3.63) is 56.8 Å². The van der Waals surface area contributed by atoms with Gasteiger partial charge in [-0.15, -0.1) is 11.3 Å². The van der Waals surface area contributed by atoms with Gasteiger partial charge in [0.05, 0.1) is 0 Å². The minimum atomic E-state index is -0.936. The molecule has 6 heteroatoms. The fourth-order valence-electron chi connectivity index (χ4n) is 2.27. The monoisotopic (exact) mass is 316 g/mol. The highest BCUT2D eigenvalue weighted by molar-refractivity contribution is 7.71. The van der Waals surface area contributed by atoms with Gasteiger partial charge in [0, 0.05) is 11.8 Å². The smallest absolute Gasteiger partial charge is 0.346 e. The van der Waals surface area contributed by atoms with Gasteiger partial charge < -0.3 is 10.1 Å². The molecule has 0 bridgehead atoms. The summed E-state index contributed by atoms with van der Waals surface area (Å²) in [5.41, 5.74) is 1.81. The summed E-state index contributed by atoms with van der Waals surface area (Å²) in [7, 11) is 0. The van der Waals surface area contributed by atoms with Crippen LogP contribution in [0.1, 0.15) is 26.6 Å². The lowest BCUT2D eigenvalue weighted by Gasteiger charge is -2.02. The molecule has 3 rings (SSSR count). The molecule has 4 nitrogen and oxygen atoms in total. The van der Waals surface area contributed by atoms with E-state index in [2.05, 4.69) is 9.97 Å². The van der Waals surface area contributed by atoms with Crippen LogP contribution in [0.4, 0.5) is 0 Å². The zero-order valence-corrected chi connectivity index (χ0v) is 12.8. The zero-order valence-electron chi connectivity index (χ0n) is 11.2. The van der Waals surface area contributed by atoms with Crippen LogP contribution < -0.4 is 0 Å². The largest absolute Gasteiger partial charge is 0.477 e. The third kappa shape index (κ3) is 2.59. The van der Waals surface area contributed by atoms with E-state index in [4.69, 9.17) is 12.2 Å². The number of hydrogen-bond donors (Lipinski definition) is 2. The van der Waals surface area contributed by atoms with Crippen LogP contribution in [0.25, 0.3) is 10.2 Å². The Morgan fingerprint density at radius 3 is 2.76 bits per heavy atom. The summed E-state index contributed by atoms with van der Waals surface area (Å²) in [4.78, 5) is 19.8. The summed E-state index contributed by atoms with van der Waals surface area (Å²) < 4.78 is 0.548. The molecule has 0 radical (unpaired) electrons. The summed E-state index contributed by atoms with van der Waals surface area (Å²) in [6.07, 6.45) is 0.639. The molecule has 0 spiro atoms. The number of nitrogens with one attached hydrogen (secondary N) is 1. The van der Waals surface area contributed by atoms with Crippen LogP contribution in [0.3, 0.4) is 0 Å². The summed E-state index contributed by atoms with van der Waals surface area (Å²) in [6.45, 7) is 1.77. The Kier molecular flexibility index (Phi) is 3.57. The van der Waals surface area contributed by atoms with Gasteiger partial charge in [0.25, 0.3) is 0 Å². The van der Waals surface area contributed by atoms with Crippen LogP contribution in [-0.4, -0.2) is 21.0 Å². The van der Waals surface area contributed by atoms with E-state index in [-0.39, 0.29) is 0 Å². The quantitative estimate of drug-likeness (QED) is 0.718. The number of carboxylic acid groups (broad SMARTS) is 1. The molecule has 0 saturated carbocycles. The molecule has 21 heavy (non-hydrogen) atoms. The fraction of sp³-hybridized carbons (Fsp3) is 0.133. The first kappa shape index (κ1) is 13.9. The van der Waals surface area contributed by atoms with Crippen LogP contribution in [0.2, 0.25) is 0 Å². The molecule has 1 aromatic carbocycles. The molecular formula is C15H12N2O2S2. The van der Waals surface area contributed by atoms with E-state index in [1.165, 1.54) is 11.3 Å². The van der Waals surface area contributed by atoms with Crippen molar-refractivity contribution in [1.82, 2.24) is 9.97 Å². The number of aromatic amines is 1. The number of aryl methyl sites for hydroxylation is 1. The fourth-order valence-corrected chi connectivity index (χ4v) is 3.75. The van der Waals surface area contributed by atoms with Crippen LogP contribution in [-0.2, 0) is 6.42 Å². The van der Waals surface area contributed by atoms with Gasteiger partial charge in [-0.3, -0.25) is 0 Å². The number of fused-ring (bicyclic) bond motifs is 1. The van der Waals surface area contributed by atoms with Crippen molar-refractivity contribution in [3.8, 4) is 0 Å². The molecule has 0 aliphatic carbocycles. The number of carbonyl (C=O) groups is 1. The molecule has 0 aliphatic heterocycles. The first-order valence-corrected chi connectivity index (χ1v) is 7.58. The van der Waals surface area contributed by atoms with E-state index in [1.807, 2.05) is 30.3 Å². The van der Waals surface area contributed by atoms with Gasteiger partial charge in [0.2, 0.25) is 0 Å². The SMILES string of the molecule is Cc1c(C(=O)O)sc2nc(Cc3ccccc3)[nH]c(=S)c12. The normalized spacial score (nSPS) is 10.9. The number of benzene rings is 1. The van der Waals surface area contributed by atoms with E-state index >= 15 is 0 Å². The molecule has 106 valence electrons. The van der Waals surface area contributed by atoms with Crippen LogP contribution in [0.5, 0.6) is 0 Å². The van der Waals surface area contributed by atoms with Gasteiger partial charge in [0.1, 0.15) is 20.2 Å². The van der Waals surface area contributed by atoms with Crippen molar-refractivity contribution in [1.29, 1.82) is 0 Å². The highest BCUT2D eigenvalue weighted by Gasteiger charge is 2.17. The molecule has 2 N–H and O–H groups in total. The van der Waals surface area contributed by atoms with Crippen molar-refractivity contribution in [2.24, 2.45) is 0 Å². The minimum absolute atomic E-state index is 0.300. The Bertz CT molecular complexity index is 882. The standard InChI is InChI=1S/C15H12N2O2S2/c1-8-11-13(20)16-10(7-9-5-3-2-4-6-9)17-14(11)21-12(8)15(18)19/h2-6H,7H2,1H3,(H,18,19)(H,16,17,20). The molecule has 0 fully saturated rings. The number of aromatic nitrogens is 2. The summed E-state index contributed by atoms with van der Waals surface area (Å²) in [5, 5.41) is 9.94. The van der Waals surface area contributed by atoms with Crippen molar-refractivity contribution < 1.29 is 9.90 Å². The lowest BCUT2D eigenvalue weighted by atomic mass is 10.1. The molecule has 2 heterocycles. The number of carboxylic acids is 1. The summed E-state index contributed by atoms with van der Waals surface area (Å²) in [5.74, 6) is -0.189. The van der Waals surface area contributed by atoms with Crippen LogP contribution in [0.15, 0.2) is 30.3 Å². The second-order valence-electron chi connectivity index (χ2n) is 4.72. The van der Waals surface area contributed by atoms with E-state index in [1.54, 1.807) is 6.92 Å². The predicted octanol–water partition coefficient (Wildman–Crippen LogP) is 3.95. The minimum Gasteiger partial charge on any atom is -0.477 e. The predicted molar refractivity (Wildman–Crippen MR) is 85.7 cm³/mol. The highest BCUT2D eigenvalue weighted by atomic mass is 32.1. The maximum Gasteiger partial charge on any atom is 0.346 e. The average Bonchev–Trinajstić information content (AvgIpc) is 2.77. The van der Waals surface area contributed by atoms with Crippen LogP contribution >= 0.6 is 23.6 Å². The summed E-state index contributed by atoms with van der Waals surface area (Å²) >= 11 is 6.54. The average molecular weight is 316 g/mol. The lowest BCUT2D eigenvalue weighted by Crippen LogP contribution is -1.97. The molecule has 0 atom stereocenters. The van der Waals surface area contributed by atoms with Crippen molar-refractivity contribution in [2.75, 3.05) is 0 Å². The molecule has 0 saturated heterocycles. The number of hydrogen-bond acceptors (Lipinski definition) is 4. The van der Waals surface area contributed by atoms with Gasteiger partial charge in [-0.2, -0.15) is 0 Å². The van der Waals surface area contributed by atoms with Crippen molar-refractivity contribution >= 4 is 39.7 Å². The Morgan fingerprint density at radius 1 is 1.38 bits per heavy atom. The third-order valence-corrected chi connectivity index (χ3v) is 4.74. The first-order valence-electron chi connectivity index (χ1n) is 6.36. The zero-order chi connectivity index (χ0) is 15.0. The van der Waals surface area contributed by atoms with Gasteiger partial charge in [0.15, 0.2) is 0 Å². The number of thiophene rings is 1. The third-order valence-electron chi connectivity index (χ3n) is 3.26. The highest BCUT2D eigenvalue weighted by Crippen LogP contribution is 2.30. The van der Waals surface area contributed by atoms with Gasteiger partial charge in [-0.05, 0) is 18.1 Å². The second-order valence-corrected chi connectivity index (χ2v) is 6.12. The van der Waals surface area contributed by atoms with E-state index in [0.717, 1.165) is 16.8 Å². The maximum absolute atomic E-state index is 11.2. The molecular weight excluding hydrogens is 304 g/mol. The number of aromatic carboxylic acids is 1. The number of H-pyrrole nitrogens is 1. The molecule has 0 amide bonds. The van der Waals surface area contributed by atoms with Crippen molar-refractivity contribution in [2.45, 2.75) is 13.3 Å². The van der Waals surface area contributed by atoms with Crippen molar-refractivity contribution in [3.63, 3.8) is 0 Å². The Morgan fingerprint density at radius 2 is 2.10 bits per heavy atom. The number of nitrogens with zero attached hydrogens (tertiary/aromatic N) is 1. The molecule has 2 aromatic heterocycles. The Labute approximate surface area is 130 Å². The molecule has 3 aromatic rings. The Hall–Kier alpha value is -2.05.